The van der Waals surface area contributed by atoms with Crippen LogP contribution in [0.5, 0.6) is 5.75 Å². The van der Waals surface area contributed by atoms with Crippen LogP contribution in [0.2, 0.25) is 0 Å². The zero-order valence-corrected chi connectivity index (χ0v) is 13.2. The second kappa shape index (κ2) is 5.82. The summed E-state index contributed by atoms with van der Waals surface area (Å²) in [5, 5.41) is 6.67. The number of sulfonamides is 1. The molecule has 0 spiro atoms. The van der Waals surface area contributed by atoms with E-state index < -0.39 is 10.0 Å². The normalized spacial score (nSPS) is 11.3. The molecule has 2 N–H and O–H groups in total. The van der Waals surface area contributed by atoms with Gasteiger partial charge in [-0.15, -0.1) is 11.3 Å². The fourth-order valence-corrected chi connectivity index (χ4v) is 4.21. The first-order valence-corrected chi connectivity index (χ1v) is 8.65. The van der Waals surface area contributed by atoms with Gasteiger partial charge in [-0.3, -0.25) is 9.82 Å². The lowest BCUT2D eigenvalue weighted by molar-refractivity contribution is 0.415. The Kier molecular flexibility index (Phi) is 3.86. The molecule has 2 heterocycles. The van der Waals surface area contributed by atoms with Gasteiger partial charge >= 0.3 is 0 Å². The van der Waals surface area contributed by atoms with Crippen molar-refractivity contribution < 1.29 is 13.2 Å². The van der Waals surface area contributed by atoms with Crippen molar-refractivity contribution in [3.05, 3.63) is 48.7 Å². The van der Waals surface area contributed by atoms with E-state index in [4.69, 9.17) is 4.74 Å². The highest BCUT2D eigenvalue weighted by atomic mass is 32.2. The van der Waals surface area contributed by atoms with Gasteiger partial charge in [0.1, 0.15) is 9.96 Å². The fourth-order valence-electron chi connectivity index (χ4n) is 1.87. The number of nitrogens with one attached hydrogen (secondary N) is 2. The molecule has 3 rings (SSSR count). The topological polar surface area (TPSA) is 84.1 Å². The second-order valence-electron chi connectivity index (χ2n) is 4.42. The molecule has 0 aliphatic rings. The second-order valence-corrected chi connectivity index (χ2v) is 7.42. The van der Waals surface area contributed by atoms with Crippen molar-refractivity contribution in [2.24, 2.45) is 0 Å². The summed E-state index contributed by atoms with van der Waals surface area (Å²) in [6.07, 6.45) is 1.62. The van der Waals surface area contributed by atoms with Crippen molar-refractivity contribution in [3.63, 3.8) is 0 Å². The van der Waals surface area contributed by atoms with E-state index in [0.29, 0.717) is 11.4 Å². The molecule has 2 aromatic heterocycles. The van der Waals surface area contributed by atoms with Crippen LogP contribution in [-0.4, -0.2) is 25.7 Å². The summed E-state index contributed by atoms with van der Waals surface area (Å²) in [5.41, 5.74) is 1.27. The van der Waals surface area contributed by atoms with E-state index in [1.807, 2.05) is 0 Å². The van der Waals surface area contributed by atoms with Gasteiger partial charge in [-0.05, 0) is 42.5 Å². The van der Waals surface area contributed by atoms with Crippen LogP contribution in [0.1, 0.15) is 0 Å². The van der Waals surface area contributed by atoms with Crippen molar-refractivity contribution in [3.8, 4) is 16.3 Å². The monoisotopic (exact) mass is 335 g/mol. The first-order chi connectivity index (χ1) is 10.6. The molecule has 3 aromatic rings. The first-order valence-electron chi connectivity index (χ1n) is 6.35. The minimum absolute atomic E-state index is 0.243. The van der Waals surface area contributed by atoms with Crippen molar-refractivity contribution in [1.82, 2.24) is 10.2 Å². The molecule has 1 aromatic carbocycles. The van der Waals surface area contributed by atoms with Gasteiger partial charge in [-0.1, -0.05) is 0 Å². The van der Waals surface area contributed by atoms with Crippen LogP contribution in [0.3, 0.4) is 0 Å². The number of thiophene rings is 1. The number of aromatic amines is 1. The predicted molar refractivity (Wildman–Crippen MR) is 85.7 cm³/mol. The third-order valence-electron chi connectivity index (χ3n) is 2.95. The molecule has 0 atom stereocenters. The summed E-state index contributed by atoms with van der Waals surface area (Å²) in [7, 11) is -2.05. The summed E-state index contributed by atoms with van der Waals surface area (Å²) in [6.45, 7) is 0. The third-order valence-corrected chi connectivity index (χ3v) is 5.95. The maximum Gasteiger partial charge on any atom is 0.271 e. The van der Waals surface area contributed by atoms with Crippen molar-refractivity contribution in [2.75, 3.05) is 11.8 Å². The molecule has 114 valence electrons. The molecule has 0 fully saturated rings. The molecule has 8 heteroatoms. The summed E-state index contributed by atoms with van der Waals surface area (Å²) < 4.78 is 32.6. The Hall–Kier alpha value is -2.32. The van der Waals surface area contributed by atoms with Gasteiger partial charge in [0.05, 0.1) is 17.7 Å². The minimum atomic E-state index is -3.61. The number of hydrogen-bond donors (Lipinski definition) is 2. The summed E-state index contributed by atoms with van der Waals surface area (Å²) in [6, 6.07) is 11.8. The number of rotatable bonds is 5. The maximum atomic E-state index is 12.4. The largest absolute Gasteiger partial charge is 0.497 e. The molecule has 0 bridgehead atoms. The summed E-state index contributed by atoms with van der Waals surface area (Å²) in [4.78, 5) is 0.813. The Morgan fingerprint density at radius 1 is 1.14 bits per heavy atom. The molecule has 0 amide bonds. The van der Waals surface area contributed by atoms with Gasteiger partial charge in [0.15, 0.2) is 0 Å². The number of H-pyrrole nitrogens is 1. The van der Waals surface area contributed by atoms with Crippen LogP contribution >= 0.6 is 11.3 Å². The van der Waals surface area contributed by atoms with E-state index in [0.717, 1.165) is 10.6 Å². The average molecular weight is 335 g/mol. The lowest BCUT2D eigenvalue weighted by atomic mass is 10.3. The van der Waals surface area contributed by atoms with Gasteiger partial charge in [-0.2, -0.15) is 5.10 Å². The van der Waals surface area contributed by atoms with E-state index in [1.54, 1.807) is 55.8 Å². The quantitative estimate of drug-likeness (QED) is 0.751. The van der Waals surface area contributed by atoms with E-state index >= 15 is 0 Å². The fraction of sp³-hybridized carbons (Fsp3) is 0.0714. The SMILES string of the molecule is COc1ccc(NS(=O)(=O)c2ccc(-c3ccn[nH]3)s2)cc1. The Morgan fingerprint density at radius 3 is 2.55 bits per heavy atom. The Morgan fingerprint density at radius 2 is 1.91 bits per heavy atom. The molecule has 0 aliphatic heterocycles. The zero-order chi connectivity index (χ0) is 15.6. The highest BCUT2D eigenvalue weighted by Crippen LogP contribution is 2.30. The van der Waals surface area contributed by atoms with Crippen molar-refractivity contribution in [1.29, 1.82) is 0 Å². The standard InChI is InChI=1S/C14H13N3O3S2/c1-20-11-4-2-10(3-5-11)17-22(18,19)14-7-6-13(21-14)12-8-9-15-16-12/h2-9,17H,1H3,(H,15,16). The lowest BCUT2D eigenvalue weighted by Gasteiger charge is -2.07. The third kappa shape index (κ3) is 2.97. The summed E-state index contributed by atoms with van der Waals surface area (Å²) in [5.74, 6) is 0.667. The molecule has 6 nitrogen and oxygen atoms in total. The predicted octanol–water partition coefficient (Wildman–Crippen LogP) is 2.95. The van der Waals surface area contributed by atoms with Crippen LogP contribution in [0.25, 0.3) is 10.6 Å². The first kappa shape index (κ1) is 14.6. The Balaban J connectivity index is 1.83. The van der Waals surface area contributed by atoms with Crippen molar-refractivity contribution >= 4 is 27.0 Å². The number of aromatic nitrogens is 2. The van der Waals surface area contributed by atoms with Gasteiger partial charge in [0.2, 0.25) is 0 Å². The van der Waals surface area contributed by atoms with E-state index in [1.165, 1.54) is 11.3 Å². The number of anilines is 1. The van der Waals surface area contributed by atoms with Gasteiger partial charge < -0.3 is 4.74 Å². The zero-order valence-electron chi connectivity index (χ0n) is 11.6. The lowest BCUT2D eigenvalue weighted by Crippen LogP contribution is -2.11. The van der Waals surface area contributed by atoms with Gasteiger partial charge in [0, 0.05) is 11.9 Å². The van der Waals surface area contributed by atoms with E-state index in [9.17, 15) is 8.42 Å². The van der Waals surface area contributed by atoms with E-state index in [2.05, 4.69) is 14.9 Å². The molecule has 0 saturated carbocycles. The highest BCUT2D eigenvalue weighted by Gasteiger charge is 2.18. The van der Waals surface area contributed by atoms with Crippen LogP contribution in [0.4, 0.5) is 5.69 Å². The average Bonchev–Trinajstić information content (AvgIpc) is 3.19. The smallest absolute Gasteiger partial charge is 0.271 e. The minimum Gasteiger partial charge on any atom is -0.497 e. The molecule has 0 unspecified atom stereocenters. The number of nitrogens with zero attached hydrogens (tertiary/aromatic N) is 1. The molecule has 0 saturated heterocycles. The van der Waals surface area contributed by atoms with Crippen LogP contribution in [0, 0.1) is 0 Å². The van der Waals surface area contributed by atoms with Gasteiger partial charge in [-0.25, -0.2) is 8.42 Å². The maximum absolute atomic E-state index is 12.4. The highest BCUT2D eigenvalue weighted by molar-refractivity contribution is 7.94. The molecule has 22 heavy (non-hydrogen) atoms. The Bertz CT molecular complexity index is 853. The number of benzene rings is 1. The number of hydrogen-bond acceptors (Lipinski definition) is 5. The summed E-state index contributed by atoms with van der Waals surface area (Å²) >= 11 is 1.18. The number of ether oxygens (including phenoxy) is 1. The Labute approximate surface area is 131 Å². The number of methoxy groups -OCH3 is 1. The van der Waals surface area contributed by atoms with Crippen molar-refractivity contribution in [2.45, 2.75) is 4.21 Å². The molecular formula is C14H13N3O3S2. The molecule has 0 aliphatic carbocycles. The van der Waals surface area contributed by atoms with Gasteiger partial charge in [0.25, 0.3) is 10.0 Å². The van der Waals surface area contributed by atoms with Crippen LogP contribution in [0.15, 0.2) is 52.9 Å². The molecule has 0 radical (unpaired) electrons. The van der Waals surface area contributed by atoms with Crippen LogP contribution in [-0.2, 0) is 10.0 Å². The molecular weight excluding hydrogens is 322 g/mol. The van der Waals surface area contributed by atoms with Crippen LogP contribution < -0.4 is 9.46 Å². The van der Waals surface area contributed by atoms with E-state index in [-0.39, 0.29) is 4.21 Å².